The molecular formula is C11H20F2N4O. The van der Waals surface area contributed by atoms with Crippen LogP contribution in [0.1, 0.15) is 25.5 Å². The van der Waals surface area contributed by atoms with Gasteiger partial charge >= 0.3 is 0 Å². The zero-order chi connectivity index (χ0) is 13.9. The quantitative estimate of drug-likeness (QED) is 0.808. The molecule has 0 aromatic carbocycles. The summed E-state index contributed by atoms with van der Waals surface area (Å²) in [6.07, 6.45) is -2.49. The largest absolute Gasteiger partial charge is 0.395 e. The van der Waals surface area contributed by atoms with Crippen molar-refractivity contribution < 1.29 is 13.9 Å². The molecule has 0 amide bonds. The molecule has 7 heteroatoms. The summed E-state index contributed by atoms with van der Waals surface area (Å²) in [6, 6.07) is 0. The summed E-state index contributed by atoms with van der Waals surface area (Å²) in [5, 5.41) is 13.2. The number of halogens is 2. The van der Waals surface area contributed by atoms with Crippen LogP contribution in [0.2, 0.25) is 0 Å². The smallest absolute Gasteiger partial charge is 0.255 e. The molecule has 1 rings (SSSR count). The lowest BCUT2D eigenvalue weighted by atomic mass is 10.1. The van der Waals surface area contributed by atoms with E-state index in [0.29, 0.717) is 17.2 Å². The third-order valence-electron chi connectivity index (χ3n) is 2.66. The fourth-order valence-electron chi connectivity index (χ4n) is 1.92. The van der Waals surface area contributed by atoms with Gasteiger partial charge in [0, 0.05) is 13.6 Å². The van der Waals surface area contributed by atoms with E-state index in [4.69, 9.17) is 10.8 Å². The molecule has 3 N–H and O–H groups in total. The molecule has 104 valence electrons. The summed E-state index contributed by atoms with van der Waals surface area (Å²) in [5.41, 5.74) is 7.05. The van der Waals surface area contributed by atoms with E-state index in [2.05, 4.69) is 5.10 Å². The van der Waals surface area contributed by atoms with E-state index in [-0.39, 0.29) is 19.1 Å². The maximum atomic E-state index is 12.5. The van der Waals surface area contributed by atoms with Gasteiger partial charge < -0.3 is 15.7 Å². The van der Waals surface area contributed by atoms with E-state index in [1.165, 1.54) is 9.58 Å². The Bertz CT molecular complexity index is 393. The van der Waals surface area contributed by atoms with Crippen molar-refractivity contribution in [3.8, 4) is 0 Å². The Labute approximate surface area is 105 Å². The van der Waals surface area contributed by atoms with E-state index in [1.807, 2.05) is 13.8 Å². The lowest BCUT2D eigenvalue weighted by Crippen LogP contribution is -2.33. The van der Waals surface area contributed by atoms with E-state index in [1.54, 1.807) is 7.05 Å². The first kappa shape index (κ1) is 14.7. The molecule has 5 nitrogen and oxygen atoms in total. The summed E-state index contributed by atoms with van der Waals surface area (Å²) < 4.78 is 26.5. The SMILES string of the molecule is CC(C)c1nn(C)c(N(CCO)CC(F)F)c1N. The highest BCUT2D eigenvalue weighted by Gasteiger charge is 2.22. The highest BCUT2D eigenvalue weighted by atomic mass is 19.3. The van der Waals surface area contributed by atoms with Crippen molar-refractivity contribution >= 4 is 11.5 Å². The predicted molar refractivity (Wildman–Crippen MR) is 67.0 cm³/mol. The molecule has 0 atom stereocenters. The Kier molecular flexibility index (Phi) is 4.89. The molecule has 1 aromatic heterocycles. The van der Waals surface area contributed by atoms with Crippen LogP contribution in [0.4, 0.5) is 20.3 Å². The van der Waals surface area contributed by atoms with Gasteiger partial charge in [0.05, 0.1) is 24.5 Å². The molecule has 0 saturated carbocycles. The van der Waals surface area contributed by atoms with Crippen molar-refractivity contribution in [3.63, 3.8) is 0 Å². The van der Waals surface area contributed by atoms with Crippen LogP contribution in [-0.2, 0) is 7.05 Å². The van der Waals surface area contributed by atoms with Gasteiger partial charge in [0.25, 0.3) is 6.43 Å². The zero-order valence-corrected chi connectivity index (χ0v) is 10.9. The van der Waals surface area contributed by atoms with Gasteiger partial charge in [-0.1, -0.05) is 13.8 Å². The molecule has 0 aliphatic rings. The van der Waals surface area contributed by atoms with Crippen LogP contribution in [-0.4, -0.2) is 41.0 Å². The number of aliphatic hydroxyl groups excluding tert-OH is 1. The van der Waals surface area contributed by atoms with Crippen LogP contribution in [0.25, 0.3) is 0 Å². The summed E-state index contributed by atoms with van der Waals surface area (Å²) >= 11 is 0. The van der Waals surface area contributed by atoms with E-state index in [9.17, 15) is 8.78 Å². The normalized spacial score (nSPS) is 11.6. The first-order valence-corrected chi connectivity index (χ1v) is 5.84. The van der Waals surface area contributed by atoms with Crippen molar-refractivity contribution in [1.82, 2.24) is 9.78 Å². The first-order valence-electron chi connectivity index (χ1n) is 5.84. The average molecular weight is 262 g/mol. The van der Waals surface area contributed by atoms with Crippen LogP contribution < -0.4 is 10.6 Å². The Morgan fingerprint density at radius 1 is 1.44 bits per heavy atom. The van der Waals surface area contributed by atoms with Crippen molar-refractivity contribution in [1.29, 1.82) is 0 Å². The highest BCUT2D eigenvalue weighted by molar-refractivity contribution is 5.67. The first-order chi connectivity index (χ1) is 8.38. The second-order valence-electron chi connectivity index (χ2n) is 4.46. The molecular weight excluding hydrogens is 242 g/mol. The molecule has 0 spiro atoms. The monoisotopic (exact) mass is 262 g/mol. The van der Waals surface area contributed by atoms with Gasteiger partial charge in [-0.2, -0.15) is 5.10 Å². The maximum Gasteiger partial charge on any atom is 0.255 e. The lowest BCUT2D eigenvalue weighted by Gasteiger charge is -2.23. The predicted octanol–water partition coefficient (Wildman–Crippen LogP) is 1.19. The minimum absolute atomic E-state index is 0.103. The van der Waals surface area contributed by atoms with Crippen LogP contribution in [0.5, 0.6) is 0 Å². The summed E-state index contributed by atoms with van der Waals surface area (Å²) in [6.45, 7) is 3.29. The van der Waals surface area contributed by atoms with E-state index < -0.39 is 13.0 Å². The van der Waals surface area contributed by atoms with Crippen molar-refractivity contribution in [2.45, 2.75) is 26.2 Å². The zero-order valence-electron chi connectivity index (χ0n) is 10.9. The van der Waals surface area contributed by atoms with Gasteiger partial charge in [-0.25, -0.2) is 8.78 Å². The van der Waals surface area contributed by atoms with Crippen molar-refractivity contribution in [2.24, 2.45) is 7.05 Å². The van der Waals surface area contributed by atoms with Gasteiger partial charge in [-0.3, -0.25) is 4.68 Å². The number of aliphatic hydroxyl groups is 1. The number of hydrogen-bond acceptors (Lipinski definition) is 4. The second kappa shape index (κ2) is 5.99. The number of nitrogen functional groups attached to an aromatic ring is 1. The molecule has 0 aliphatic carbocycles. The lowest BCUT2D eigenvalue weighted by molar-refractivity contribution is 0.152. The van der Waals surface area contributed by atoms with Crippen LogP contribution in [0, 0.1) is 0 Å². The molecule has 18 heavy (non-hydrogen) atoms. The molecule has 1 heterocycles. The molecule has 0 unspecified atom stereocenters. The van der Waals surface area contributed by atoms with Crippen molar-refractivity contribution in [3.05, 3.63) is 5.69 Å². The standard InChI is InChI=1S/C11H20F2N4O/c1-7(2)10-9(14)11(16(3)15-10)17(4-5-18)6-8(12)13/h7-8,18H,4-6,14H2,1-3H3. The van der Waals surface area contributed by atoms with Gasteiger partial charge in [0.15, 0.2) is 5.82 Å². The fourth-order valence-corrected chi connectivity index (χ4v) is 1.92. The van der Waals surface area contributed by atoms with Gasteiger partial charge in [0.2, 0.25) is 0 Å². The fraction of sp³-hybridized carbons (Fsp3) is 0.727. The topological polar surface area (TPSA) is 67.3 Å². The molecule has 0 bridgehead atoms. The van der Waals surface area contributed by atoms with E-state index in [0.717, 1.165) is 0 Å². The Morgan fingerprint density at radius 3 is 2.44 bits per heavy atom. The molecule has 1 aromatic rings. The summed E-state index contributed by atoms with van der Waals surface area (Å²) in [5.74, 6) is 0.556. The minimum Gasteiger partial charge on any atom is -0.395 e. The maximum absolute atomic E-state index is 12.5. The van der Waals surface area contributed by atoms with Gasteiger partial charge in [-0.15, -0.1) is 0 Å². The summed E-state index contributed by atoms with van der Waals surface area (Å²) in [7, 11) is 1.66. The molecule has 0 fully saturated rings. The third kappa shape index (κ3) is 3.10. The number of nitrogens with two attached hydrogens (primary N) is 1. The van der Waals surface area contributed by atoms with Crippen molar-refractivity contribution in [2.75, 3.05) is 30.3 Å². The highest BCUT2D eigenvalue weighted by Crippen LogP contribution is 2.30. The number of aryl methyl sites for hydroxylation is 1. The molecule has 0 saturated heterocycles. The van der Waals surface area contributed by atoms with E-state index >= 15 is 0 Å². The second-order valence-corrected chi connectivity index (χ2v) is 4.46. The number of hydrogen-bond donors (Lipinski definition) is 2. The number of rotatable bonds is 6. The number of aromatic nitrogens is 2. The molecule has 0 radical (unpaired) electrons. The minimum atomic E-state index is -2.49. The number of anilines is 2. The van der Waals surface area contributed by atoms with Gasteiger partial charge in [-0.05, 0) is 5.92 Å². The van der Waals surface area contributed by atoms with Crippen LogP contribution in [0.15, 0.2) is 0 Å². The van der Waals surface area contributed by atoms with Gasteiger partial charge in [0.1, 0.15) is 0 Å². The summed E-state index contributed by atoms with van der Waals surface area (Å²) in [4.78, 5) is 1.36. The Balaban J connectivity index is 3.11. The Hall–Kier alpha value is -1.37. The number of nitrogens with zero attached hydrogens (tertiary/aromatic N) is 3. The number of alkyl halides is 2. The van der Waals surface area contributed by atoms with Crippen LogP contribution >= 0.6 is 0 Å². The third-order valence-corrected chi connectivity index (χ3v) is 2.66. The molecule has 0 aliphatic heterocycles. The Morgan fingerprint density at radius 2 is 2.06 bits per heavy atom. The average Bonchev–Trinajstić information content (AvgIpc) is 2.53. The van der Waals surface area contributed by atoms with Crippen LogP contribution in [0.3, 0.4) is 0 Å².